The van der Waals surface area contributed by atoms with E-state index in [4.69, 9.17) is 14.6 Å². The molecule has 0 aliphatic rings. The smallest absolute Gasteiger partial charge is 0.378 e. The van der Waals surface area contributed by atoms with Gasteiger partial charge in [-0.1, -0.05) is 30.3 Å². The molecule has 3 rings (SSSR count). The van der Waals surface area contributed by atoms with Crippen molar-refractivity contribution < 1.29 is 27.1 Å². The molecule has 30 heavy (non-hydrogen) atoms. The Labute approximate surface area is 172 Å². The number of rotatable bonds is 8. The van der Waals surface area contributed by atoms with E-state index in [0.717, 1.165) is 22.4 Å². The first kappa shape index (κ1) is 21.6. The largest absolute Gasteiger partial charge is 0.460 e. The Morgan fingerprint density at radius 2 is 1.90 bits per heavy atom. The fraction of sp³-hybridized carbons (Fsp3) is 0.211. The topological polar surface area (TPSA) is 126 Å². The molecule has 0 aliphatic heterocycles. The van der Waals surface area contributed by atoms with Crippen molar-refractivity contribution in [2.75, 3.05) is 6.61 Å². The van der Waals surface area contributed by atoms with Gasteiger partial charge in [-0.15, -0.1) is 5.10 Å². The number of hydrogen-bond acceptors (Lipinski definition) is 7. The summed E-state index contributed by atoms with van der Waals surface area (Å²) in [7, 11) is -4.08. The number of hydrogen-bond donors (Lipinski definition) is 1. The Kier molecular flexibility index (Phi) is 6.55. The van der Waals surface area contributed by atoms with E-state index in [9.17, 15) is 17.6 Å². The van der Waals surface area contributed by atoms with Crippen LogP contribution in [-0.2, 0) is 32.7 Å². The summed E-state index contributed by atoms with van der Waals surface area (Å²) >= 11 is 0. The van der Waals surface area contributed by atoms with E-state index in [1.165, 1.54) is 6.07 Å². The Morgan fingerprint density at radius 1 is 1.17 bits per heavy atom. The molecule has 9 nitrogen and oxygen atoms in total. The summed E-state index contributed by atoms with van der Waals surface area (Å²) in [5.74, 6) is -1.82. The molecule has 0 radical (unpaired) electrons. The lowest BCUT2D eigenvalue weighted by molar-refractivity contribution is 0.0511. The van der Waals surface area contributed by atoms with Crippen LogP contribution in [0.25, 0.3) is 5.69 Å². The predicted octanol–water partition coefficient (Wildman–Crippen LogP) is 1.95. The van der Waals surface area contributed by atoms with Crippen LogP contribution < -0.4 is 5.14 Å². The van der Waals surface area contributed by atoms with Gasteiger partial charge in [-0.05, 0) is 30.7 Å². The van der Waals surface area contributed by atoms with Gasteiger partial charge in [0.15, 0.2) is 5.82 Å². The van der Waals surface area contributed by atoms with Gasteiger partial charge in [0, 0.05) is 0 Å². The maximum absolute atomic E-state index is 14.6. The first-order chi connectivity index (χ1) is 14.3. The van der Waals surface area contributed by atoms with E-state index >= 15 is 0 Å². The fourth-order valence-electron chi connectivity index (χ4n) is 2.58. The van der Waals surface area contributed by atoms with Crippen LogP contribution in [-0.4, -0.2) is 35.8 Å². The van der Waals surface area contributed by atoms with Crippen LogP contribution in [0.15, 0.2) is 53.4 Å². The molecule has 11 heteroatoms. The second-order valence-electron chi connectivity index (χ2n) is 6.12. The van der Waals surface area contributed by atoms with Crippen LogP contribution in [0.4, 0.5) is 4.39 Å². The Balaban J connectivity index is 1.92. The summed E-state index contributed by atoms with van der Waals surface area (Å²) in [4.78, 5) is 15.7. The maximum atomic E-state index is 14.6. The third-order valence-corrected chi connectivity index (χ3v) is 4.86. The summed E-state index contributed by atoms with van der Waals surface area (Å²) in [5.41, 5.74) is 0.793. The molecule has 0 unspecified atom stereocenters. The molecular formula is C19H19FN4O5S. The van der Waals surface area contributed by atoms with E-state index in [1.54, 1.807) is 6.92 Å². The second-order valence-corrected chi connectivity index (χ2v) is 7.68. The number of ether oxygens (including phenoxy) is 2. The molecule has 0 atom stereocenters. The molecule has 158 valence electrons. The Morgan fingerprint density at radius 3 is 2.53 bits per heavy atom. The molecule has 0 spiro atoms. The van der Waals surface area contributed by atoms with Crippen LogP contribution in [0.5, 0.6) is 0 Å². The molecule has 0 fully saturated rings. The minimum Gasteiger partial charge on any atom is -0.460 e. The van der Waals surface area contributed by atoms with Gasteiger partial charge in [-0.3, -0.25) is 0 Å². The number of primary sulfonamides is 1. The van der Waals surface area contributed by atoms with E-state index in [-0.39, 0.29) is 37.2 Å². The molecule has 0 amide bonds. The molecule has 2 N–H and O–H groups in total. The number of carbonyl (C=O) groups excluding carboxylic acids is 1. The number of esters is 1. The lowest BCUT2D eigenvalue weighted by atomic mass is 10.2. The van der Waals surface area contributed by atoms with Gasteiger partial charge in [0.1, 0.15) is 18.1 Å². The predicted molar refractivity (Wildman–Crippen MR) is 104 cm³/mol. The summed E-state index contributed by atoms with van der Waals surface area (Å²) in [5, 5.41) is 9.04. The number of aromatic nitrogens is 3. The normalized spacial score (nSPS) is 11.4. The molecular weight excluding hydrogens is 415 g/mol. The third-order valence-electron chi connectivity index (χ3n) is 3.95. The highest BCUT2D eigenvalue weighted by atomic mass is 32.2. The monoisotopic (exact) mass is 434 g/mol. The van der Waals surface area contributed by atoms with E-state index in [0.29, 0.717) is 0 Å². The first-order valence-corrected chi connectivity index (χ1v) is 10.4. The quantitative estimate of drug-likeness (QED) is 0.537. The highest BCUT2D eigenvalue weighted by Gasteiger charge is 2.21. The highest BCUT2D eigenvalue weighted by Crippen LogP contribution is 2.19. The van der Waals surface area contributed by atoms with Crippen LogP contribution in [0.2, 0.25) is 0 Å². The van der Waals surface area contributed by atoms with Crippen LogP contribution >= 0.6 is 0 Å². The van der Waals surface area contributed by atoms with Gasteiger partial charge < -0.3 is 9.47 Å². The van der Waals surface area contributed by atoms with Crippen LogP contribution in [0.3, 0.4) is 0 Å². The molecule has 0 aliphatic carbocycles. The highest BCUT2D eigenvalue weighted by molar-refractivity contribution is 7.89. The van der Waals surface area contributed by atoms with Crippen molar-refractivity contribution in [1.82, 2.24) is 14.8 Å². The summed E-state index contributed by atoms with van der Waals surface area (Å²) in [6.45, 7) is 1.92. The van der Waals surface area contributed by atoms with Gasteiger partial charge in [0.25, 0.3) is 5.82 Å². The number of nitrogens with zero attached hydrogens (tertiary/aromatic N) is 3. The fourth-order valence-corrected chi connectivity index (χ4v) is 3.11. The zero-order valence-electron chi connectivity index (χ0n) is 16.0. The van der Waals surface area contributed by atoms with E-state index in [2.05, 4.69) is 10.1 Å². The Bertz CT molecular complexity index is 1150. The second kappa shape index (κ2) is 9.11. The summed E-state index contributed by atoms with van der Waals surface area (Å²) < 4.78 is 49.1. The third kappa shape index (κ3) is 5.06. The molecule has 0 saturated carbocycles. The molecule has 2 aromatic carbocycles. The number of nitrogens with two attached hydrogens (primary N) is 1. The van der Waals surface area contributed by atoms with Crippen LogP contribution in [0, 0.1) is 5.82 Å². The van der Waals surface area contributed by atoms with Gasteiger partial charge in [0.2, 0.25) is 10.0 Å². The summed E-state index contributed by atoms with van der Waals surface area (Å²) in [6.07, 6.45) is 0. The molecule has 0 saturated heterocycles. The summed E-state index contributed by atoms with van der Waals surface area (Å²) in [6, 6.07) is 12.4. The van der Waals surface area contributed by atoms with Crippen molar-refractivity contribution in [3.8, 4) is 5.69 Å². The van der Waals surface area contributed by atoms with Gasteiger partial charge in [0.05, 0.1) is 18.1 Å². The number of sulfonamides is 1. The SMILES string of the molecule is CCOC(=O)c1nc(COCc2ccccc2)n(-c2ccc(S(N)(=O)=O)cc2F)n1. The average Bonchev–Trinajstić information content (AvgIpc) is 3.12. The maximum Gasteiger partial charge on any atom is 0.378 e. The standard InChI is InChI=1S/C19H19FN4O5S/c1-2-29-19(25)18-22-17(12-28-11-13-6-4-3-5-7-13)24(23-18)16-9-8-14(10-15(16)20)30(21,26)27/h3-10H,2,11-12H2,1H3,(H2,21,26,27). The number of halogens is 1. The average molecular weight is 434 g/mol. The Hall–Kier alpha value is -3.15. The first-order valence-electron chi connectivity index (χ1n) is 8.87. The lowest BCUT2D eigenvalue weighted by Gasteiger charge is -2.09. The zero-order chi connectivity index (χ0) is 21.7. The molecule has 1 aromatic heterocycles. The lowest BCUT2D eigenvalue weighted by Crippen LogP contribution is -2.14. The minimum atomic E-state index is -4.08. The minimum absolute atomic E-state index is 0.0856. The van der Waals surface area contributed by atoms with Crippen molar-refractivity contribution in [2.24, 2.45) is 5.14 Å². The zero-order valence-corrected chi connectivity index (χ0v) is 16.8. The van der Waals surface area contributed by atoms with Gasteiger partial charge >= 0.3 is 5.97 Å². The van der Waals surface area contributed by atoms with Crippen molar-refractivity contribution in [3.05, 3.63) is 71.6 Å². The van der Waals surface area contributed by atoms with Crippen molar-refractivity contribution >= 4 is 16.0 Å². The van der Waals surface area contributed by atoms with Crippen molar-refractivity contribution in [2.45, 2.75) is 25.0 Å². The van der Waals surface area contributed by atoms with E-state index in [1.807, 2.05) is 30.3 Å². The van der Waals surface area contributed by atoms with Crippen LogP contribution in [0.1, 0.15) is 28.9 Å². The van der Waals surface area contributed by atoms with Gasteiger partial charge in [-0.25, -0.2) is 32.4 Å². The van der Waals surface area contributed by atoms with Gasteiger partial charge in [-0.2, -0.15) is 0 Å². The molecule has 1 heterocycles. The van der Waals surface area contributed by atoms with Crippen molar-refractivity contribution in [3.63, 3.8) is 0 Å². The van der Waals surface area contributed by atoms with E-state index < -0.39 is 26.7 Å². The molecule has 0 bridgehead atoms. The number of benzene rings is 2. The molecule has 3 aromatic rings. The van der Waals surface area contributed by atoms with Crippen molar-refractivity contribution in [1.29, 1.82) is 0 Å². The number of carbonyl (C=O) groups is 1.